The highest BCUT2D eigenvalue weighted by atomic mass is 79.9. The van der Waals surface area contributed by atoms with Crippen molar-refractivity contribution in [2.75, 3.05) is 6.54 Å². The van der Waals surface area contributed by atoms with Gasteiger partial charge in [-0.05, 0) is 60.3 Å². The number of halogens is 1. The Bertz CT molecular complexity index is 467. The van der Waals surface area contributed by atoms with Gasteiger partial charge < -0.3 is 15.8 Å². The molecule has 1 aliphatic rings. The average Bonchev–Trinajstić information content (AvgIpc) is 2.88. The SMILES string of the molecule is CC(Oc1ccccc1Br)C(=O)NC1CCCC1CN. The van der Waals surface area contributed by atoms with E-state index in [1.54, 1.807) is 6.92 Å². The molecule has 1 amide bonds. The number of hydrogen-bond donors (Lipinski definition) is 2. The Labute approximate surface area is 128 Å². The second-order valence-electron chi connectivity index (χ2n) is 5.23. The second-order valence-corrected chi connectivity index (χ2v) is 6.09. The highest BCUT2D eigenvalue weighted by molar-refractivity contribution is 9.10. The van der Waals surface area contributed by atoms with Crippen LogP contribution in [-0.2, 0) is 4.79 Å². The first-order chi connectivity index (χ1) is 9.61. The molecular formula is C15H21BrN2O2. The molecule has 0 bridgehead atoms. The van der Waals surface area contributed by atoms with E-state index < -0.39 is 6.10 Å². The molecule has 0 radical (unpaired) electrons. The van der Waals surface area contributed by atoms with Gasteiger partial charge in [0.25, 0.3) is 5.91 Å². The van der Waals surface area contributed by atoms with E-state index in [2.05, 4.69) is 21.2 Å². The largest absolute Gasteiger partial charge is 0.480 e. The first-order valence-electron chi connectivity index (χ1n) is 7.03. The van der Waals surface area contributed by atoms with Crippen LogP contribution in [0, 0.1) is 5.92 Å². The van der Waals surface area contributed by atoms with E-state index in [0.29, 0.717) is 18.2 Å². The summed E-state index contributed by atoms with van der Waals surface area (Å²) in [6, 6.07) is 7.71. The molecule has 20 heavy (non-hydrogen) atoms. The van der Waals surface area contributed by atoms with E-state index in [1.807, 2.05) is 24.3 Å². The first-order valence-corrected chi connectivity index (χ1v) is 7.82. The minimum atomic E-state index is -0.521. The number of nitrogens with two attached hydrogens (primary N) is 1. The van der Waals surface area contributed by atoms with Crippen LogP contribution in [0.5, 0.6) is 5.75 Å². The normalized spacial score (nSPS) is 23.4. The third-order valence-electron chi connectivity index (χ3n) is 3.80. The summed E-state index contributed by atoms with van der Waals surface area (Å²) in [6.45, 7) is 2.39. The Hall–Kier alpha value is -1.07. The van der Waals surface area contributed by atoms with Crippen molar-refractivity contribution in [3.63, 3.8) is 0 Å². The predicted octanol–water partition coefficient (Wildman–Crippen LogP) is 2.46. The summed E-state index contributed by atoms with van der Waals surface area (Å²) < 4.78 is 6.54. The fourth-order valence-electron chi connectivity index (χ4n) is 2.59. The number of benzene rings is 1. The highest BCUT2D eigenvalue weighted by Gasteiger charge is 2.29. The van der Waals surface area contributed by atoms with Crippen LogP contribution >= 0.6 is 15.9 Å². The lowest BCUT2D eigenvalue weighted by Gasteiger charge is -2.22. The molecule has 3 N–H and O–H groups in total. The summed E-state index contributed by atoms with van der Waals surface area (Å²) in [5.74, 6) is 0.998. The van der Waals surface area contributed by atoms with Crippen LogP contribution in [0.1, 0.15) is 26.2 Å². The maximum atomic E-state index is 12.2. The standard InChI is InChI=1S/C15H21BrN2O2/c1-10(20-14-8-3-2-6-12(14)16)15(19)18-13-7-4-5-11(13)9-17/h2-3,6,8,10-11,13H,4-5,7,9,17H2,1H3,(H,18,19). The number of carbonyl (C=O) groups is 1. The van der Waals surface area contributed by atoms with E-state index in [0.717, 1.165) is 23.7 Å². The van der Waals surface area contributed by atoms with Gasteiger partial charge in [0.05, 0.1) is 4.47 Å². The van der Waals surface area contributed by atoms with Gasteiger partial charge in [0.1, 0.15) is 5.75 Å². The second kappa shape index (κ2) is 7.09. The maximum Gasteiger partial charge on any atom is 0.261 e. The molecule has 110 valence electrons. The Kier molecular flexibility index (Phi) is 5.43. The smallest absolute Gasteiger partial charge is 0.261 e. The van der Waals surface area contributed by atoms with Crippen LogP contribution in [0.25, 0.3) is 0 Å². The molecule has 0 heterocycles. The van der Waals surface area contributed by atoms with Gasteiger partial charge in [-0.15, -0.1) is 0 Å². The van der Waals surface area contributed by atoms with Crippen LogP contribution in [0.15, 0.2) is 28.7 Å². The molecule has 4 nitrogen and oxygen atoms in total. The lowest BCUT2D eigenvalue weighted by molar-refractivity contribution is -0.128. The molecule has 2 rings (SSSR count). The number of para-hydroxylation sites is 1. The zero-order chi connectivity index (χ0) is 14.5. The Balaban J connectivity index is 1.91. The molecule has 3 atom stereocenters. The molecule has 1 aromatic carbocycles. The van der Waals surface area contributed by atoms with E-state index in [4.69, 9.17) is 10.5 Å². The van der Waals surface area contributed by atoms with Gasteiger partial charge in [-0.1, -0.05) is 18.6 Å². The van der Waals surface area contributed by atoms with Crippen molar-refractivity contribution >= 4 is 21.8 Å². The van der Waals surface area contributed by atoms with Gasteiger partial charge in [-0.3, -0.25) is 4.79 Å². The van der Waals surface area contributed by atoms with E-state index in [9.17, 15) is 4.79 Å². The summed E-state index contributed by atoms with van der Waals surface area (Å²) >= 11 is 3.41. The topological polar surface area (TPSA) is 64.3 Å². The van der Waals surface area contributed by atoms with Gasteiger partial charge in [0.15, 0.2) is 6.10 Å². The van der Waals surface area contributed by atoms with Gasteiger partial charge >= 0.3 is 0 Å². The van der Waals surface area contributed by atoms with Crippen molar-refractivity contribution in [3.05, 3.63) is 28.7 Å². The first kappa shape index (κ1) is 15.3. The molecule has 1 aliphatic carbocycles. The number of nitrogens with one attached hydrogen (secondary N) is 1. The van der Waals surface area contributed by atoms with Gasteiger partial charge in [0.2, 0.25) is 0 Å². The van der Waals surface area contributed by atoms with Crippen LogP contribution < -0.4 is 15.8 Å². The number of ether oxygens (including phenoxy) is 1. The number of amides is 1. The van der Waals surface area contributed by atoms with Gasteiger partial charge in [0, 0.05) is 6.04 Å². The Morgan fingerprint density at radius 1 is 1.50 bits per heavy atom. The van der Waals surface area contributed by atoms with E-state index in [1.165, 1.54) is 0 Å². The average molecular weight is 341 g/mol. The molecule has 0 saturated heterocycles. The molecule has 1 fully saturated rings. The minimum absolute atomic E-state index is 0.0777. The Morgan fingerprint density at radius 2 is 2.25 bits per heavy atom. The fourth-order valence-corrected chi connectivity index (χ4v) is 2.97. The third-order valence-corrected chi connectivity index (χ3v) is 4.45. The lowest BCUT2D eigenvalue weighted by atomic mass is 10.0. The predicted molar refractivity (Wildman–Crippen MR) is 82.6 cm³/mol. The van der Waals surface area contributed by atoms with Crippen LogP contribution in [0.4, 0.5) is 0 Å². The fraction of sp³-hybridized carbons (Fsp3) is 0.533. The summed E-state index contributed by atoms with van der Waals surface area (Å²) in [5.41, 5.74) is 5.73. The van der Waals surface area contributed by atoms with Crippen molar-refractivity contribution in [1.29, 1.82) is 0 Å². The van der Waals surface area contributed by atoms with Crippen LogP contribution in [0.3, 0.4) is 0 Å². The van der Waals surface area contributed by atoms with Crippen molar-refractivity contribution < 1.29 is 9.53 Å². The quantitative estimate of drug-likeness (QED) is 0.865. The third kappa shape index (κ3) is 3.73. The maximum absolute atomic E-state index is 12.2. The van der Waals surface area contributed by atoms with Crippen LogP contribution in [0.2, 0.25) is 0 Å². The number of carbonyl (C=O) groups excluding carboxylic acids is 1. The summed E-state index contributed by atoms with van der Waals surface area (Å²) in [5, 5.41) is 3.06. The molecule has 5 heteroatoms. The summed E-state index contributed by atoms with van der Waals surface area (Å²) in [7, 11) is 0. The molecule has 3 unspecified atom stereocenters. The monoisotopic (exact) mass is 340 g/mol. The van der Waals surface area contributed by atoms with Crippen molar-refractivity contribution in [3.8, 4) is 5.75 Å². The Morgan fingerprint density at radius 3 is 2.95 bits per heavy atom. The number of rotatable bonds is 5. The molecule has 0 spiro atoms. The van der Waals surface area contributed by atoms with Crippen LogP contribution in [-0.4, -0.2) is 24.6 Å². The van der Waals surface area contributed by atoms with Crippen molar-refractivity contribution in [2.24, 2.45) is 11.7 Å². The van der Waals surface area contributed by atoms with E-state index >= 15 is 0 Å². The van der Waals surface area contributed by atoms with Gasteiger partial charge in [-0.2, -0.15) is 0 Å². The lowest BCUT2D eigenvalue weighted by Crippen LogP contribution is -2.45. The summed E-state index contributed by atoms with van der Waals surface area (Å²) in [6.07, 6.45) is 2.72. The van der Waals surface area contributed by atoms with E-state index in [-0.39, 0.29) is 11.9 Å². The zero-order valence-corrected chi connectivity index (χ0v) is 13.2. The minimum Gasteiger partial charge on any atom is -0.480 e. The molecule has 0 aromatic heterocycles. The molecule has 0 aliphatic heterocycles. The summed E-state index contributed by atoms with van der Waals surface area (Å²) in [4.78, 5) is 12.2. The molecule has 1 aromatic rings. The molecular weight excluding hydrogens is 320 g/mol. The van der Waals surface area contributed by atoms with Crippen molar-refractivity contribution in [1.82, 2.24) is 5.32 Å². The number of hydrogen-bond acceptors (Lipinski definition) is 3. The zero-order valence-electron chi connectivity index (χ0n) is 11.6. The van der Waals surface area contributed by atoms with Gasteiger partial charge in [-0.25, -0.2) is 0 Å². The highest BCUT2D eigenvalue weighted by Crippen LogP contribution is 2.26. The molecule has 1 saturated carbocycles. The van der Waals surface area contributed by atoms with Crippen molar-refractivity contribution in [2.45, 2.75) is 38.3 Å².